The van der Waals surface area contributed by atoms with Crippen LogP contribution in [0, 0.1) is 10.8 Å². The Hall–Kier alpha value is -2.16. The summed E-state index contributed by atoms with van der Waals surface area (Å²) < 4.78 is 5.55. The lowest BCUT2D eigenvalue weighted by Crippen LogP contribution is -2.29. The highest BCUT2D eigenvalue weighted by molar-refractivity contribution is 6.23. The molecule has 3 heteroatoms. The van der Waals surface area contributed by atoms with Gasteiger partial charge in [0.25, 0.3) is 0 Å². The van der Waals surface area contributed by atoms with Gasteiger partial charge in [-0.3, -0.25) is 4.79 Å². The van der Waals surface area contributed by atoms with Crippen LogP contribution < -0.4 is 4.74 Å². The first-order chi connectivity index (χ1) is 11.5. The van der Waals surface area contributed by atoms with Crippen molar-refractivity contribution in [1.82, 2.24) is 0 Å². The number of hydrogen-bond acceptors (Lipinski definition) is 3. The van der Waals surface area contributed by atoms with Gasteiger partial charge in [-0.15, -0.1) is 0 Å². The van der Waals surface area contributed by atoms with E-state index in [4.69, 9.17) is 9.73 Å². The molecule has 1 aromatic rings. The third-order valence-corrected chi connectivity index (χ3v) is 4.08. The van der Waals surface area contributed by atoms with E-state index in [1.807, 2.05) is 43.3 Å². The van der Waals surface area contributed by atoms with E-state index >= 15 is 0 Å². The van der Waals surface area contributed by atoms with Crippen LogP contribution >= 0.6 is 0 Å². The Kier molecular flexibility index (Phi) is 5.36. The van der Waals surface area contributed by atoms with Gasteiger partial charge < -0.3 is 4.74 Å². The average molecular weight is 339 g/mol. The molecule has 0 aromatic heterocycles. The predicted octanol–water partition coefficient (Wildman–Crippen LogP) is 5.69. The molecular formula is C22H29NO2. The highest BCUT2D eigenvalue weighted by Gasteiger charge is 2.34. The lowest BCUT2D eigenvalue weighted by Gasteiger charge is -2.31. The van der Waals surface area contributed by atoms with Crippen LogP contribution in [0.1, 0.15) is 48.5 Å². The number of carbonyl (C=O) groups is 1. The van der Waals surface area contributed by atoms with E-state index in [-0.39, 0.29) is 16.6 Å². The van der Waals surface area contributed by atoms with Crippen LogP contribution in [0.15, 0.2) is 52.6 Å². The standard InChI is InChI=1S/C22H29NO2/c1-8-25-17-11-9-10-15(12-17)23-16-13-18(21(2,3)4)20(24)19(14-16)22(5,6)7/h9-14H,8H2,1-7H3. The summed E-state index contributed by atoms with van der Waals surface area (Å²) in [4.78, 5) is 17.7. The maximum Gasteiger partial charge on any atom is 0.186 e. The van der Waals surface area contributed by atoms with Crippen molar-refractivity contribution in [2.24, 2.45) is 15.8 Å². The summed E-state index contributed by atoms with van der Waals surface area (Å²) >= 11 is 0. The van der Waals surface area contributed by atoms with Gasteiger partial charge in [0.15, 0.2) is 5.78 Å². The molecule has 0 heterocycles. The highest BCUT2D eigenvalue weighted by Crippen LogP contribution is 2.37. The van der Waals surface area contributed by atoms with E-state index in [0.717, 1.165) is 28.3 Å². The molecule has 0 saturated carbocycles. The zero-order valence-corrected chi connectivity index (χ0v) is 16.4. The summed E-state index contributed by atoms with van der Waals surface area (Å²) in [6.07, 6.45) is 3.84. The molecule has 1 aliphatic carbocycles. The molecular weight excluding hydrogens is 310 g/mol. The number of allylic oxidation sites excluding steroid dienone is 4. The van der Waals surface area contributed by atoms with E-state index in [1.54, 1.807) is 0 Å². The van der Waals surface area contributed by atoms with Crippen LogP contribution in [0.5, 0.6) is 5.75 Å². The number of nitrogens with zero attached hydrogens (tertiary/aromatic N) is 1. The third kappa shape index (κ3) is 4.68. The normalized spacial score (nSPS) is 15.6. The Labute approximate surface area is 151 Å². The fraction of sp³-hybridized carbons (Fsp3) is 0.455. The highest BCUT2D eigenvalue weighted by atomic mass is 16.5. The van der Waals surface area contributed by atoms with Crippen molar-refractivity contribution < 1.29 is 9.53 Å². The molecule has 0 atom stereocenters. The molecule has 0 aliphatic heterocycles. The second-order valence-electron chi connectivity index (χ2n) is 8.41. The Balaban J connectivity index is 2.53. The molecule has 0 saturated heterocycles. The van der Waals surface area contributed by atoms with Crippen molar-refractivity contribution in [2.75, 3.05) is 6.61 Å². The summed E-state index contributed by atoms with van der Waals surface area (Å²) in [5.41, 5.74) is 2.79. The van der Waals surface area contributed by atoms with Crippen molar-refractivity contribution in [3.05, 3.63) is 47.6 Å². The second-order valence-corrected chi connectivity index (χ2v) is 8.41. The Morgan fingerprint density at radius 2 is 1.52 bits per heavy atom. The maximum atomic E-state index is 12.9. The minimum Gasteiger partial charge on any atom is -0.494 e. The first kappa shape index (κ1) is 19.2. The Morgan fingerprint density at radius 3 is 2.00 bits per heavy atom. The van der Waals surface area contributed by atoms with Gasteiger partial charge >= 0.3 is 0 Å². The lowest BCUT2D eigenvalue weighted by molar-refractivity contribution is -0.114. The largest absolute Gasteiger partial charge is 0.494 e. The maximum absolute atomic E-state index is 12.9. The molecule has 0 fully saturated rings. The number of Topliss-reactive ketones (excluding diaryl/α,β-unsaturated/α-hetero) is 1. The summed E-state index contributed by atoms with van der Waals surface area (Å²) in [5.74, 6) is 0.929. The molecule has 0 bridgehead atoms. The van der Waals surface area contributed by atoms with Crippen molar-refractivity contribution in [1.29, 1.82) is 0 Å². The molecule has 3 nitrogen and oxygen atoms in total. The topological polar surface area (TPSA) is 38.7 Å². The van der Waals surface area contributed by atoms with Gasteiger partial charge in [-0.2, -0.15) is 0 Å². The van der Waals surface area contributed by atoms with Gasteiger partial charge in [-0.05, 0) is 42.0 Å². The fourth-order valence-electron chi connectivity index (χ4n) is 2.75. The van der Waals surface area contributed by atoms with Crippen LogP contribution in [0.2, 0.25) is 0 Å². The number of carbonyl (C=O) groups excluding carboxylic acids is 1. The van der Waals surface area contributed by atoms with Crippen LogP contribution in [0.3, 0.4) is 0 Å². The molecule has 1 aromatic carbocycles. The van der Waals surface area contributed by atoms with Gasteiger partial charge in [0, 0.05) is 17.2 Å². The van der Waals surface area contributed by atoms with Crippen LogP contribution in [-0.4, -0.2) is 18.1 Å². The van der Waals surface area contributed by atoms with E-state index in [0.29, 0.717) is 6.61 Å². The molecule has 2 rings (SSSR count). The zero-order valence-electron chi connectivity index (χ0n) is 16.4. The monoisotopic (exact) mass is 339 g/mol. The Morgan fingerprint density at radius 1 is 0.960 bits per heavy atom. The number of ether oxygens (including phenoxy) is 1. The summed E-state index contributed by atoms with van der Waals surface area (Å²) in [6, 6.07) is 7.72. The van der Waals surface area contributed by atoms with E-state index in [2.05, 4.69) is 41.5 Å². The van der Waals surface area contributed by atoms with Crippen molar-refractivity contribution in [2.45, 2.75) is 48.5 Å². The first-order valence-corrected chi connectivity index (χ1v) is 8.83. The SMILES string of the molecule is CCOc1cccc(N=C2C=C(C(C)(C)C)C(=O)C(C(C)(C)C)=C2)c1. The molecule has 1 aliphatic rings. The van der Waals surface area contributed by atoms with Gasteiger partial charge in [0.2, 0.25) is 0 Å². The molecule has 0 N–H and O–H groups in total. The number of hydrogen-bond donors (Lipinski definition) is 0. The number of rotatable bonds is 3. The van der Waals surface area contributed by atoms with Gasteiger partial charge in [0.1, 0.15) is 5.75 Å². The molecule has 0 radical (unpaired) electrons. The van der Waals surface area contributed by atoms with Crippen LogP contribution in [0.25, 0.3) is 0 Å². The number of aliphatic imine (C=N–C) groups is 1. The van der Waals surface area contributed by atoms with Gasteiger partial charge in [-0.1, -0.05) is 47.6 Å². The predicted molar refractivity (Wildman–Crippen MR) is 105 cm³/mol. The molecule has 0 amide bonds. The summed E-state index contributed by atoms with van der Waals surface area (Å²) in [5, 5.41) is 0. The van der Waals surface area contributed by atoms with E-state index in [9.17, 15) is 4.79 Å². The molecule has 134 valence electrons. The first-order valence-electron chi connectivity index (χ1n) is 8.83. The van der Waals surface area contributed by atoms with E-state index < -0.39 is 0 Å². The second kappa shape index (κ2) is 6.99. The number of ketones is 1. The minimum absolute atomic E-state index is 0.127. The smallest absolute Gasteiger partial charge is 0.186 e. The van der Waals surface area contributed by atoms with Crippen molar-refractivity contribution >= 4 is 17.2 Å². The molecule has 0 spiro atoms. The number of benzene rings is 1. The van der Waals surface area contributed by atoms with Gasteiger partial charge in [0.05, 0.1) is 18.0 Å². The third-order valence-electron chi connectivity index (χ3n) is 4.08. The average Bonchev–Trinajstić information content (AvgIpc) is 2.47. The summed E-state index contributed by atoms with van der Waals surface area (Å²) in [6.45, 7) is 15.0. The lowest BCUT2D eigenvalue weighted by atomic mass is 9.72. The zero-order chi connectivity index (χ0) is 18.8. The fourth-order valence-corrected chi connectivity index (χ4v) is 2.75. The minimum atomic E-state index is -0.226. The Bertz CT molecular complexity index is 717. The van der Waals surface area contributed by atoms with Crippen LogP contribution in [0.4, 0.5) is 5.69 Å². The molecule has 25 heavy (non-hydrogen) atoms. The quantitative estimate of drug-likeness (QED) is 0.664. The van der Waals surface area contributed by atoms with Crippen LogP contribution in [-0.2, 0) is 4.79 Å². The van der Waals surface area contributed by atoms with Gasteiger partial charge in [-0.25, -0.2) is 4.99 Å². The molecule has 0 unspecified atom stereocenters. The van der Waals surface area contributed by atoms with Crippen molar-refractivity contribution in [3.63, 3.8) is 0 Å². The van der Waals surface area contributed by atoms with Crippen molar-refractivity contribution in [3.8, 4) is 5.75 Å². The summed E-state index contributed by atoms with van der Waals surface area (Å²) in [7, 11) is 0. The van der Waals surface area contributed by atoms with E-state index in [1.165, 1.54) is 0 Å².